The molecule has 12 heavy (non-hydrogen) atoms. The first-order chi connectivity index (χ1) is 5.45. The van der Waals surface area contributed by atoms with Gasteiger partial charge in [0.05, 0.1) is 19.3 Å². The van der Waals surface area contributed by atoms with Gasteiger partial charge in [0.1, 0.15) is 0 Å². The summed E-state index contributed by atoms with van der Waals surface area (Å²) in [5.41, 5.74) is 0. The van der Waals surface area contributed by atoms with Crippen molar-refractivity contribution in [2.24, 2.45) is 0 Å². The number of esters is 1. The van der Waals surface area contributed by atoms with Gasteiger partial charge in [-0.2, -0.15) is 0 Å². The van der Waals surface area contributed by atoms with E-state index in [9.17, 15) is 13.2 Å². The number of hydrogen-bond donors (Lipinski definition) is 1. The van der Waals surface area contributed by atoms with Crippen LogP contribution in [-0.4, -0.2) is 33.8 Å². The predicted molar refractivity (Wildman–Crippen MR) is 44.1 cm³/mol. The molecule has 0 fully saturated rings. The lowest BCUT2D eigenvalue weighted by Crippen LogP contribution is -2.25. The van der Waals surface area contributed by atoms with E-state index in [0.717, 1.165) is 6.26 Å². The van der Waals surface area contributed by atoms with Crippen LogP contribution in [0.3, 0.4) is 0 Å². The van der Waals surface area contributed by atoms with Crippen molar-refractivity contribution in [1.82, 2.24) is 4.72 Å². The minimum absolute atomic E-state index is 0.0703. The molecule has 0 bridgehead atoms. The topological polar surface area (TPSA) is 72.5 Å². The van der Waals surface area contributed by atoms with Gasteiger partial charge in [-0.25, -0.2) is 13.1 Å². The van der Waals surface area contributed by atoms with Crippen LogP contribution in [0.5, 0.6) is 0 Å². The molecule has 1 N–H and O–H groups in total. The highest BCUT2D eigenvalue weighted by Gasteiger charge is 2.04. The third kappa shape index (κ3) is 7.49. The molecule has 0 aliphatic carbocycles. The molecule has 0 aliphatic rings. The van der Waals surface area contributed by atoms with Crippen molar-refractivity contribution in [2.75, 3.05) is 19.4 Å². The van der Waals surface area contributed by atoms with Gasteiger partial charge < -0.3 is 4.74 Å². The van der Waals surface area contributed by atoms with E-state index in [4.69, 9.17) is 0 Å². The van der Waals surface area contributed by atoms with Crippen molar-refractivity contribution < 1.29 is 17.9 Å². The Morgan fingerprint density at radius 3 is 2.50 bits per heavy atom. The summed E-state index contributed by atoms with van der Waals surface area (Å²) in [7, 11) is -3.19. The number of ether oxygens (including phenoxy) is 1. The van der Waals surface area contributed by atoms with E-state index in [-0.39, 0.29) is 13.0 Å². The van der Waals surface area contributed by atoms with Crippen molar-refractivity contribution in [3.63, 3.8) is 0 Å². The third-order valence-corrected chi connectivity index (χ3v) is 1.73. The summed E-state index contributed by atoms with van der Waals surface area (Å²) in [6, 6.07) is 0. The number of hydrogen-bond acceptors (Lipinski definition) is 4. The molecule has 0 amide bonds. The fourth-order valence-electron chi connectivity index (χ4n) is 0.572. The zero-order valence-electron chi connectivity index (χ0n) is 7.16. The Balaban J connectivity index is 3.51. The van der Waals surface area contributed by atoms with Gasteiger partial charge in [-0.3, -0.25) is 4.79 Å². The molecule has 0 aliphatic heterocycles. The fraction of sp³-hybridized carbons (Fsp3) is 0.833. The van der Waals surface area contributed by atoms with Gasteiger partial charge in [-0.05, 0) is 6.92 Å². The number of rotatable bonds is 5. The normalized spacial score (nSPS) is 11.2. The summed E-state index contributed by atoms with van der Waals surface area (Å²) in [6.07, 6.45) is 1.11. The first-order valence-electron chi connectivity index (χ1n) is 3.56. The summed E-state index contributed by atoms with van der Waals surface area (Å²) in [4.78, 5) is 10.7. The quantitative estimate of drug-likeness (QED) is 0.600. The molecule has 0 saturated carbocycles. The second-order valence-corrected chi connectivity index (χ2v) is 4.05. The van der Waals surface area contributed by atoms with Gasteiger partial charge in [-0.15, -0.1) is 0 Å². The standard InChI is InChI=1S/C6H13NO4S/c1-3-11-6(8)4-5-7-12(2,9)10/h7H,3-5H2,1-2H3. The fourth-order valence-corrected chi connectivity index (χ4v) is 1.04. The van der Waals surface area contributed by atoms with Crippen LogP contribution in [0.4, 0.5) is 0 Å². The Bertz CT molecular complexity index is 234. The smallest absolute Gasteiger partial charge is 0.307 e. The van der Waals surface area contributed by atoms with E-state index in [0.29, 0.717) is 6.61 Å². The lowest BCUT2D eigenvalue weighted by Gasteiger charge is -2.01. The highest BCUT2D eigenvalue weighted by Crippen LogP contribution is 1.85. The molecule has 0 radical (unpaired) electrons. The molecule has 5 nitrogen and oxygen atoms in total. The summed E-state index contributed by atoms with van der Waals surface area (Å²) in [6.45, 7) is 2.11. The van der Waals surface area contributed by atoms with E-state index < -0.39 is 16.0 Å². The van der Waals surface area contributed by atoms with E-state index in [1.165, 1.54) is 0 Å². The minimum Gasteiger partial charge on any atom is -0.466 e. The number of sulfonamides is 1. The van der Waals surface area contributed by atoms with E-state index in [1.807, 2.05) is 0 Å². The minimum atomic E-state index is -3.19. The molecular formula is C6H13NO4S. The highest BCUT2D eigenvalue weighted by atomic mass is 32.2. The van der Waals surface area contributed by atoms with E-state index in [1.54, 1.807) is 6.92 Å². The first-order valence-corrected chi connectivity index (χ1v) is 5.45. The van der Waals surface area contributed by atoms with Crippen LogP contribution < -0.4 is 4.72 Å². The summed E-state index contributed by atoms with van der Waals surface area (Å²) >= 11 is 0. The summed E-state index contributed by atoms with van der Waals surface area (Å²) in [5.74, 6) is -0.395. The van der Waals surface area contributed by atoms with Crippen molar-refractivity contribution >= 4 is 16.0 Å². The highest BCUT2D eigenvalue weighted by molar-refractivity contribution is 7.88. The summed E-state index contributed by atoms with van der Waals surface area (Å²) < 4.78 is 27.8. The second-order valence-electron chi connectivity index (χ2n) is 2.22. The lowest BCUT2D eigenvalue weighted by atomic mass is 10.4. The molecule has 0 rings (SSSR count). The Hall–Kier alpha value is -0.620. The largest absolute Gasteiger partial charge is 0.466 e. The van der Waals surface area contributed by atoms with E-state index in [2.05, 4.69) is 9.46 Å². The molecule has 0 saturated heterocycles. The Labute approximate surface area is 72.1 Å². The maximum absolute atomic E-state index is 10.7. The average Bonchev–Trinajstić information content (AvgIpc) is 1.84. The van der Waals surface area contributed by atoms with Crippen molar-refractivity contribution in [1.29, 1.82) is 0 Å². The number of carbonyl (C=O) groups is 1. The van der Waals surface area contributed by atoms with Crippen molar-refractivity contribution in [2.45, 2.75) is 13.3 Å². The monoisotopic (exact) mass is 195 g/mol. The maximum Gasteiger partial charge on any atom is 0.307 e. The molecule has 0 aromatic heterocycles. The molecule has 0 spiro atoms. The Morgan fingerprint density at radius 1 is 1.50 bits per heavy atom. The molecule has 0 heterocycles. The molecule has 72 valence electrons. The van der Waals surface area contributed by atoms with Crippen LogP contribution in [0.1, 0.15) is 13.3 Å². The SMILES string of the molecule is CCOC(=O)CCNS(C)(=O)=O. The Kier molecular flexibility index (Phi) is 4.84. The van der Waals surface area contributed by atoms with Gasteiger partial charge in [-0.1, -0.05) is 0 Å². The Morgan fingerprint density at radius 2 is 2.08 bits per heavy atom. The zero-order valence-corrected chi connectivity index (χ0v) is 7.98. The van der Waals surface area contributed by atoms with Crippen LogP contribution in [0.2, 0.25) is 0 Å². The summed E-state index contributed by atoms with van der Waals surface area (Å²) in [5, 5.41) is 0. The van der Waals surface area contributed by atoms with Crippen molar-refractivity contribution in [3.05, 3.63) is 0 Å². The van der Waals surface area contributed by atoms with E-state index >= 15 is 0 Å². The zero-order chi connectivity index (χ0) is 9.61. The van der Waals surface area contributed by atoms with Gasteiger partial charge in [0.2, 0.25) is 10.0 Å². The van der Waals surface area contributed by atoms with Crippen LogP contribution in [0.15, 0.2) is 0 Å². The van der Waals surface area contributed by atoms with Crippen molar-refractivity contribution in [3.8, 4) is 0 Å². The second kappa shape index (κ2) is 5.10. The maximum atomic E-state index is 10.7. The molecule has 0 aromatic carbocycles. The van der Waals surface area contributed by atoms with Crippen LogP contribution in [-0.2, 0) is 19.6 Å². The molecule has 6 heteroatoms. The average molecular weight is 195 g/mol. The van der Waals surface area contributed by atoms with Crippen LogP contribution in [0.25, 0.3) is 0 Å². The predicted octanol–water partition coefficient (Wildman–Crippen LogP) is -0.511. The van der Waals surface area contributed by atoms with Crippen LogP contribution in [0, 0.1) is 0 Å². The van der Waals surface area contributed by atoms with Gasteiger partial charge in [0.15, 0.2) is 0 Å². The lowest BCUT2D eigenvalue weighted by molar-refractivity contribution is -0.142. The molecule has 0 unspecified atom stereocenters. The van der Waals surface area contributed by atoms with Crippen LogP contribution >= 0.6 is 0 Å². The molecule has 0 aromatic rings. The van der Waals surface area contributed by atoms with Gasteiger partial charge in [0.25, 0.3) is 0 Å². The first kappa shape index (κ1) is 11.4. The number of carbonyl (C=O) groups excluding carboxylic acids is 1. The van der Waals surface area contributed by atoms with Gasteiger partial charge >= 0.3 is 5.97 Å². The third-order valence-electron chi connectivity index (χ3n) is 0.999. The molecule has 0 atom stereocenters. The van der Waals surface area contributed by atoms with Gasteiger partial charge in [0, 0.05) is 6.54 Å². The molecular weight excluding hydrogens is 182 g/mol. The number of nitrogens with one attached hydrogen (secondary N) is 1.